The summed E-state index contributed by atoms with van der Waals surface area (Å²) in [6.07, 6.45) is 1.84. The van der Waals surface area contributed by atoms with Crippen molar-refractivity contribution >= 4 is 11.0 Å². The van der Waals surface area contributed by atoms with Gasteiger partial charge in [-0.15, -0.1) is 0 Å². The van der Waals surface area contributed by atoms with E-state index in [2.05, 4.69) is 55.5 Å². The number of hydrogen-bond acceptors (Lipinski definition) is 2. The highest BCUT2D eigenvalue weighted by molar-refractivity contribution is 5.94. The number of methoxy groups -OCH3 is 1. The molecule has 2 nitrogen and oxygen atoms in total. The van der Waals surface area contributed by atoms with Gasteiger partial charge < -0.3 is 9.15 Å². The maximum Gasteiger partial charge on any atom is 0.134 e. The molecule has 1 heterocycles. The molecule has 4 aromatic rings. The van der Waals surface area contributed by atoms with Crippen LogP contribution in [0.1, 0.15) is 5.56 Å². The van der Waals surface area contributed by atoms with E-state index in [1.165, 1.54) is 16.7 Å². The van der Waals surface area contributed by atoms with Crippen LogP contribution in [0.25, 0.3) is 33.2 Å². The fourth-order valence-corrected chi connectivity index (χ4v) is 2.99. The fourth-order valence-electron chi connectivity index (χ4n) is 2.99. The number of aryl methyl sites for hydroxylation is 1. The van der Waals surface area contributed by atoms with Crippen molar-refractivity contribution in [3.63, 3.8) is 0 Å². The van der Waals surface area contributed by atoms with Crippen molar-refractivity contribution in [3.05, 3.63) is 78.6 Å². The molecule has 2 heteroatoms. The maximum absolute atomic E-state index is 5.68. The van der Waals surface area contributed by atoms with Crippen LogP contribution in [-0.2, 0) is 0 Å². The van der Waals surface area contributed by atoms with Crippen molar-refractivity contribution in [1.82, 2.24) is 0 Å². The predicted molar refractivity (Wildman–Crippen MR) is 98.4 cm³/mol. The van der Waals surface area contributed by atoms with Gasteiger partial charge in [0.05, 0.1) is 13.4 Å². The molecule has 0 fully saturated rings. The summed E-state index contributed by atoms with van der Waals surface area (Å²) in [5.74, 6) is 0.871. The number of benzene rings is 3. The van der Waals surface area contributed by atoms with E-state index >= 15 is 0 Å². The predicted octanol–water partition coefficient (Wildman–Crippen LogP) is 6.08. The van der Waals surface area contributed by atoms with Gasteiger partial charge in [-0.2, -0.15) is 0 Å². The largest absolute Gasteiger partial charge is 0.497 e. The minimum Gasteiger partial charge on any atom is -0.497 e. The molecular weight excluding hydrogens is 296 g/mol. The van der Waals surface area contributed by atoms with Crippen LogP contribution in [0, 0.1) is 6.92 Å². The molecular formula is C22H18O2. The minimum absolute atomic E-state index is 0.871. The molecule has 4 rings (SSSR count). The summed E-state index contributed by atoms with van der Waals surface area (Å²) in [5.41, 5.74) is 6.82. The van der Waals surface area contributed by atoms with Gasteiger partial charge in [0.2, 0.25) is 0 Å². The van der Waals surface area contributed by atoms with Gasteiger partial charge in [-0.1, -0.05) is 48.0 Å². The molecule has 0 bridgehead atoms. The first-order valence-electron chi connectivity index (χ1n) is 7.97. The van der Waals surface area contributed by atoms with Crippen LogP contribution in [0.4, 0.5) is 0 Å². The number of ether oxygens (including phenoxy) is 1. The second kappa shape index (κ2) is 5.89. The van der Waals surface area contributed by atoms with E-state index in [0.717, 1.165) is 27.8 Å². The molecule has 3 aromatic carbocycles. The molecule has 0 unspecified atom stereocenters. The van der Waals surface area contributed by atoms with Gasteiger partial charge >= 0.3 is 0 Å². The van der Waals surface area contributed by atoms with Gasteiger partial charge in [-0.25, -0.2) is 0 Å². The Kier molecular flexibility index (Phi) is 3.58. The molecule has 0 N–H and O–H groups in total. The summed E-state index contributed by atoms with van der Waals surface area (Å²) < 4.78 is 10.9. The number of furan rings is 1. The van der Waals surface area contributed by atoms with Crippen molar-refractivity contribution < 1.29 is 9.15 Å². The van der Waals surface area contributed by atoms with Crippen LogP contribution < -0.4 is 4.74 Å². The van der Waals surface area contributed by atoms with E-state index in [1.807, 2.05) is 24.5 Å². The first-order chi connectivity index (χ1) is 11.7. The van der Waals surface area contributed by atoms with E-state index in [1.54, 1.807) is 7.11 Å². The zero-order valence-corrected chi connectivity index (χ0v) is 13.7. The van der Waals surface area contributed by atoms with Gasteiger partial charge in [0.15, 0.2) is 0 Å². The highest BCUT2D eigenvalue weighted by Crippen LogP contribution is 2.32. The highest BCUT2D eigenvalue weighted by Gasteiger charge is 2.08. The van der Waals surface area contributed by atoms with Crippen molar-refractivity contribution in [3.8, 4) is 28.0 Å². The quantitative estimate of drug-likeness (QED) is 0.457. The number of fused-ring (bicyclic) bond motifs is 1. The Bertz CT molecular complexity index is 977. The van der Waals surface area contributed by atoms with Crippen molar-refractivity contribution in [1.29, 1.82) is 0 Å². The Morgan fingerprint density at radius 1 is 0.750 bits per heavy atom. The Hall–Kier alpha value is -3.00. The Balaban J connectivity index is 1.71. The smallest absolute Gasteiger partial charge is 0.134 e. The van der Waals surface area contributed by atoms with E-state index in [-0.39, 0.29) is 0 Å². The molecule has 0 aliphatic rings. The fraction of sp³-hybridized carbons (Fsp3) is 0.0909. The Morgan fingerprint density at radius 2 is 1.38 bits per heavy atom. The molecule has 118 valence electrons. The maximum atomic E-state index is 5.68. The third-order valence-corrected chi connectivity index (χ3v) is 4.35. The van der Waals surface area contributed by atoms with E-state index in [4.69, 9.17) is 9.15 Å². The van der Waals surface area contributed by atoms with Crippen molar-refractivity contribution in [2.75, 3.05) is 7.11 Å². The molecule has 0 saturated carbocycles. The first kappa shape index (κ1) is 14.6. The molecule has 0 radical (unpaired) electrons. The number of hydrogen-bond donors (Lipinski definition) is 0. The summed E-state index contributed by atoms with van der Waals surface area (Å²) in [6, 6.07) is 23.0. The number of rotatable bonds is 3. The van der Waals surface area contributed by atoms with Crippen LogP contribution in [0.15, 0.2) is 77.4 Å². The lowest BCUT2D eigenvalue weighted by Crippen LogP contribution is -1.83. The summed E-state index contributed by atoms with van der Waals surface area (Å²) in [6.45, 7) is 2.10. The monoisotopic (exact) mass is 314 g/mol. The third-order valence-electron chi connectivity index (χ3n) is 4.35. The highest BCUT2D eigenvalue weighted by atomic mass is 16.5. The molecule has 0 aliphatic carbocycles. The normalized spacial score (nSPS) is 10.9. The van der Waals surface area contributed by atoms with Crippen LogP contribution in [-0.4, -0.2) is 7.11 Å². The summed E-state index contributed by atoms with van der Waals surface area (Å²) in [7, 11) is 1.68. The van der Waals surface area contributed by atoms with Crippen molar-refractivity contribution in [2.45, 2.75) is 6.92 Å². The summed E-state index contributed by atoms with van der Waals surface area (Å²) >= 11 is 0. The molecule has 24 heavy (non-hydrogen) atoms. The van der Waals surface area contributed by atoms with Gasteiger partial charge in [0.1, 0.15) is 11.3 Å². The zero-order chi connectivity index (χ0) is 16.5. The average Bonchev–Trinajstić information content (AvgIpc) is 3.05. The van der Waals surface area contributed by atoms with E-state index in [0.29, 0.717) is 0 Å². The van der Waals surface area contributed by atoms with Gasteiger partial charge in [-0.3, -0.25) is 0 Å². The van der Waals surface area contributed by atoms with Gasteiger partial charge in [0, 0.05) is 10.9 Å². The lowest BCUT2D eigenvalue weighted by molar-refractivity contribution is 0.415. The summed E-state index contributed by atoms with van der Waals surface area (Å²) in [4.78, 5) is 0. The second-order valence-corrected chi connectivity index (χ2v) is 5.95. The van der Waals surface area contributed by atoms with E-state index in [9.17, 15) is 0 Å². The molecule has 0 atom stereocenters. The molecule has 0 aliphatic heterocycles. The standard InChI is InChI=1S/C22H18O2/c1-15-3-12-22-20(13-15)21(14-24-22)18-6-4-16(5-7-18)17-8-10-19(23-2)11-9-17/h3-14H,1-2H3. The first-order valence-corrected chi connectivity index (χ1v) is 7.97. The molecule has 0 spiro atoms. The van der Waals surface area contributed by atoms with Crippen LogP contribution in [0.2, 0.25) is 0 Å². The SMILES string of the molecule is COc1ccc(-c2ccc(-c3coc4ccc(C)cc34)cc2)cc1. The lowest BCUT2D eigenvalue weighted by atomic mass is 9.99. The third kappa shape index (κ3) is 2.56. The topological polar surface area (TPSA) is 22.4 Å². The van der Waals surface area contributed by atoms with Gasteiger partial charge in [-0.05, 0) is 47.9 Å². The molecule has 0 saturated heterocycles. The van der Waals surface area contributed by atoms with Crippen LogP contribution in [0.3, 0.4) is 0 Å². The Labute approximate surface area is 141 Å². The van der Waals surface area contributed by atoms with Crippen LogP contribution >= 0.6 is 0 Å². The lowest BCUT2D eigenvalue weighted by Gasteiger charge is -2.05. The van der Waals surface area contributed by atoms with E-state index < -0.39 is 0 Å². The summed E-state index contributed by atoms with van der Waals surface area (Å²) in [5, 5.41) is 1.16. The molecule has 0 amide bonds. The van der Waals surface area contributed by atoms with Gasteiger partial charge in [0.25, 0.3) is 0 Å². The zero-order valence-electron chi connectivity index (χ0n) is 13.7. The Morgan fingerprint density at radius 3 is 2.04 bits per heavy atom. The molecule has 1 aromatic heterocycles. The van der Waals surface area contributed by atoms with Crippen LogP contribution in [0.5, 0.6) is 5.75 Å². The average molecular weight is 314 g/mol. The minimum atomic E-state index is 0.871. The second-order valence-electron chi connectivity index (χ2n) is 5.95. The van der Waals surface area contributed by atoms with Crippen molar-refractivity contribution in [2.24, 2.45) is 0 Å².